The molecule has 0 aliphatic carbocycles. The summed E-state index contributed by atoms with van der Waals surface area (Å²) in [4.78, 5) is 30.1. The van der Waals surface area contributed by atoms with Crippen LogP contribution in [0, 0.1) is 0 Å². The van der Waals surface area contributed by atoms with Gasteiger partial charge in [0.05, 0.1) is 26.5 Å². The van der Waals surface area contributed by atoms with E-state index in [0.29, 0.717) is 32.9 Å². The Balaban J connectivity index is 1.37. The molecule has 3 aromatic rings. The van der Waals surface area contributed by atoms with Gasteiger partial charge in [0.1, 0.15) is 6.10 Å². The third kappa shape index (κ3) is 4.53. The summed E-state index contributed by atoms with van der Waals surface area (Å²) in [6.45, 7) is 0.345. The Labute approximate surface area is 180 Å². The van der Waals surface area contributed by atoms with Gasteiger partial charge in [-0.3, -0.25) is 14.2 Å². The van der Waals surface area contributed by atoms with Crippen LogP contribution in [-0.2, 0) is 4.84 Å². The molecular formula is C20H15Cl2N3O3S. The van der Waals surface area contributed by atoms with E-state index < -0.39 is 0 Å². The third-order valence-corrected chi connectivity index (χ3v) is 5.83. The summed E-state index contributed by atoms with van der Waals surface area (Å²) in [5, 5.41) is 7.45. The lowest BCUT2D eigenvalue weighted by atomic mass is 10.0. The van der Waals surface area contributed by atoms with Crippen LogP contribution in [0.4, 0.5) is 0 Å². The van der Waals surface area contributed by atoms with E-state index in [1.807, 2.05) is 24.3 Å². The van der Waals surface area contributed by atoms with E-state index in [9.17, 15) is 9.59 Å². The van der Waals surface area contributed by atoms with Gasteiger partial charge in [0, 0.05) is 24.4 Å². The molecule has 1 aliphatic rings. The fraction of sp³-hybridized carbons (Fsp3) is 0.150. The number of amides is 1. The molecule has 4 rings (SSSR count). The van der Waals surface area contributed by atoms with Gasteiger partial charge in [-0.1, -0.05) is 40.5 Å². The van der Waals surface area contributed by atoms with Gasteiger partial charge in [-0.15, -0.1) is 11.3 Å². The normalized spacial score (nSPS) is 15.7. The van der Waals surface area contributed by atoms with Crippen molar-refractivity contribution in [2.45, 2.75) is 12.5 Å². The smallest absolute Gasteiger partial charge is 0.261 e. The van der Waals surface area contributed by atoms with E-state index in [2.05, 4.69) is 10.5 Å². The second-order valence-corrected chi connectivity index (χ2v) is 8.54. The molecule has 6 nitrogen and oxygen atoms in total. The van der Waals surface area contributed by atoms with E-state index in [1.165, 1.54) is 22.0 Å². The van der Waals surface area contributed by atoms with Crippen LogP contribution in [0.5, 0.6) is 0 Å². The first-order chi connectivity index (χ1) is 14.0. The van der Waals surface area contributed by atoms with Crippen molar-refractivity contribution in [2.75, 3.05) is 6.54 Å². The molecule has 1 unspecified atom stereocenters. The van der Waals surface area contributed by atoms with Crippen molar-refractivity contribution in [2.24, 2.45) is 5.16 Å². The predicted octanol–water partition coefficient (Wildman–Crippen LogP) is 4.13. The minimum Gasteiger partial charge on any atom is -0.390 e. The molecule has 9 heteroatoms. The summed E-state index contributed by atoms with van der Waals surface area (Å²) in [5.74, 6) is -0.185. The number of pyridine rings is 1. The van der Waals surface area contributed by atoms with E-state index in [1.54, 1.807) is 24.4 Å². The van der Waals surface area contributed by atoms with E-state index in [0.717, 1.165) is 11.3 Å². The lowest BCUT2D eigenvalue weighted by Crippen LogP contribution is -2.31. The standard InChI is InChI=1S/C20H15Cl2N3O3S/c21-13-3-8-19(26)25(11-13)14-4-1-12(2-5-14)16-9-15(28-24-16)10-23-20(27)17-6-7-18(22)29-17/h1-8,11,15H,9-10H2,(H,23,27). The molecule has 3 heterocycles. The molecule has 1 aromatic carbocycles. The fourth-order valence-electron chi connectivity index (χ4n) is 2.92. The quantitative estimate of drug-likeness (QED) is 0.638. The molecule has 0 saturated carbocycles. The summed E-state index contributed by atoms with van der Waals surface area (Å²) in [5.41, 5.74) is 2.22. The van der Waals surface area contributed by atoms with E-state index >= 15 is 0 Å². The van der Waals surface area contributed by atoms with Gasteiger partial charge in [0.15, 0.2) is 0 Å². The molecular weight excluding hydrogens is 433 g/mol. The number of carbonyl (C=O) groups excluding carboxylic acids is 1. The van der Waals surface area contributed by atoms with Crippen LogP contribution < -0.4 is 10.9 Å². The third-order valence-electron chi connectivity index (χ3n) is 4.37. The number of rotatable bonds is 5. The Morgan fingerprint density at radius 2 is 1.97 bits per heavy atom. The van der Waals surface area contributed by atoms with E-state index in [4.69, 9.17) is 28.0 Å². The van der Waals surface area contributed by atoms with Crippen molar-refractivity contribution >= 4 is 46.2 Å². The van der Waals surface area contributed by atoms with Gasteiger partial charge in [-0.25, -0.2) is 0 Å². The molecule has 1 N–H and O–H groups in total. The highest BCUT2D eigenvalue weighted by Crippen LogP contribution is 2.22. The summed E-state index contributed by atoms with van der Waals surface area (Å²) in [7, 11) is 0. The molecule has 0 bridgehead atoms. The highest BCUT2D eigenvalue weighted by Gasteiger charge is 2.23. The van der Waals surface area contributed by atoms with Crippen molar-refractivity contribution in [1.29, 1.82) is 0 Å². The van der Waals surface area contributed by atoms with Gasteiger partial charge < -0.3 is 10.2 Å². The number of hydrogen-bond acceptors (Lipinski definition) is 5. The zero-order valence-electron chi connectivity index (χ0n) is 15.0. The summed E-state index contributed by atoms with van der Waals surface area (Å²) in [6, 6.07) is 13.8. The van der Waals surface area contributed by atoms with Crippen molar-refractivity contribution in [3.63, 3.8) is 0 Å². The summed E-state index contributed by atoms with van der Waals surface area (Å²) >= 11 is 13.1. The topological polar surface area (TPSA) is 72.7 Å². The molecule has 1 amide bonds. The second-order valence-electron chi connectivity index (χ2n) is 6.39. The monoisotopic (exact) mass is 447 g/mol. The molecule has 0 radical (unpaired) electrons. The maximum Gasteiger partial charge on any atom is 0.261 e. The minimum absolute atomic E-state index is 0.161. The number of oxime groups is 1. The number of aromatic nitrogens is 1. The molecule has 1 atom stereocenters. The Morgan fingerprint density at radius 1 is 1.17 bits per heavy atom. The van der Waals surface area contributed by atoms with Crippen molar-refractivity contribution in [1.82, 2.24) is 9.88 Å². The van der Waals surface area contributed by atoms with Gasteiger partial charge in [0.2, 0.25) is 0 Å². The Hall–Kier alpha value is -2.61. The molecule has 0 saturated heterocycles. The lowest BCUT2D eigenvalue weighted by molar-refractivity contribution is 0.0755. The Bertz CT molecular complexity index is 1140. The highest BCUT2D eigenvalue weighted by atomic mass is 35.5. The summed E-state index contributed by atoms with van der Waals surface area (Å²) < 4.78 is 2.05. The molecule has 148 valence electrons. The maximum atomic E-state index is 12.1. The largest absolute Gasteiger partial charge is 0.390 e. The van der Waals surface area contributed by atoms with Gasteiger partial charge in [-0.2, -0.15) is 0 Å². The molecule has 1 aliphatic heterocycles. The zero-order valence-corrected chi connectivity index (χ0v) is 17.3. The molecule has 2 aromatic heterocycles. The van der Waals surface area contributed by atoms with Crippen LogP contribution in [0.2, 0.25) is 9.36 Å². The molecule has 0 spiro atoms. The summed E-state index contributed by atoms with van der Waals surface area (Å²) in [6.07, 6.45) is 1.91. The number of hydrogen-bond donors (Lipinski definition) is 1. The predicted molar refractivity (Wildman–Crippen MR) is 115 cm³/mol. The number of nitrogens with one attached hydrogen (secondary N) is 1. The fourth-order valence-corrected chi connectivity index (χ4v) is 4.04. The van der Waals surface area contributed by atoms with Crippen LogP contribution in [0.1, 0.15) is 21.7 Å². The number of benzene rings is 1. The SMILES string of the molecule is O=C(NCC1CC(c2ccc(-n3cc(Cl)ccc3=O)cc2)=NO1)c1ccc(Cl)s1. The molecule has 29 heavy (non-hydrogen) atoms. The van der Waals surface area contributed by atoms with E-state index in [-0.39, 0.29) is 17.6 Å². The average molecular weight is 448 g/mol. The molecule has 0 fully saturated rings. The van der Waals surface area contributed by atoms with Gasteiger partial charge in [0.25, 0.3) is 11.5 Å². The number of halogens is 2. The van der Waals surface area contributed by atoms with Crippen LogP contribution in [0.15, 0.2) is 64.7 Å². The Kier molecular flexibility index (Phi) is 5.71. The zero-order chi connectivity index (χ0) is 20.4. The van der Waals surface area contributed by atoms with Crippen molar-refractivity contribution in [3.8, 4) is 5.69 Å². The van der Waals surface area contributed by atoms with Crippen molar-refractivity contribution in [3.05, 3.63) is 84.9 Å². The maximum absolute atomic E-state index is 12.1. The van der Waals surface area contributed by atoms with Crippen LogP contribution in [0.25, 0.3) is 5.69 Å². The minimum atomic E-state index is -0.236. The highest BCUT2D eigenvalue weighted by molar-refractivity contribution is 7.18. The number of nitrogens with zero attached hydrogens (tertiary/aromatic N) is 2. The first-order valence-electron chi connectivity index (χ1n) is 8.75. The van der Waals surface area contributed by atoms with Crippen LogP contribution in [-0.4, -0.2) is 28.8 Å². The number of thiophene rings is 1. The Morgan fingerprint density at radius 3 is 2.69 bits per heavy atom. The van der Waals surface area contributed by atoms with Crippen LogP contribution in [0.3, 0.4) is 0 Å². The lowest BCUT2D eigenvalue weighted by Gasteiger charge is -2.09. The first kappa shape index (κ1) is 19.7. The van der Waals surface area contributed by atoms with Gasteiger partial charge >= 0.3 is 0 Å². The average Bonchev–Trinajstić information content (AvgIpc) is 3.37. The second kappa shape index (κ2) is 8.41. The van der Waals surface area contributed by atoms with Crippen molar-refractivity contribution < 1.29 is 9.63 Å². The van der Waals surface area contributed by atoms with Crippen LogP contribution >= 0.6 is 34.5 Å². The number of carbonyl (C=O) groups is 1. The first-order valence-corrected chi connectivity index (χ1v) is 10.3. The van der Waals surface area contributed by atoms with Gasteiger partial charge in [-0.05, 0) is 35.9 Å².